The topological polar surface area (TPSA) is 73.6 Å². The first-order valence-electron chi connectivity index (χ1n) is 6.39. The Balaban J connectivity index is 2.01. The molecule has 1 N–H and O–H groups in total. The van der Waals surface area contributed by atoms with Crippen LogP contribution in [0.5, 0.6) is 0 Å². The zero-order chi connectivity index (χ0) is 14.7. The normalized spacial score (nSPS) is 10.9. The largest absolute Gasteiger partial charge is 0.383 e. The van der Waals surface area contributed by atoms with E-state index < -0.39 is 0 Å². The van der Waals surface area contributed by atoms with Crippen LogP contribution in [0.25, 0.3) is 17.1 Å². The van der Waals surface area contributed by atoms with E-state index in [1.165, 1.54) is 0 Å². The Morgan fingerprint density at radius 2 is 2.29 bits per heavy atom. The summed E-state index contributed by atoms with van der Waals surface area (Å²) >= 11 is 5.31. The van der Waals surface area contributed by atoms with Gasteiger partial charge in [-0.1, -0.05) is 0 Å². The Morgan fingerprint density at radius 3 is 3.05 bits per heavy atom. The van der Waals surface area contributed by atoms with E-state index in [0.29, 0.717) is 23.7 Å². The van der Waals surface area contributed by atoms with Gasteiger partial charge in [-0.3, -0.25) is 19.3 Å². The first-order valence-corrected chi connectivity index (χ1v) is 6.80. The molecule has 0 aliphatic carbocycles. The van der Waals surface area contributed by atoms with Crippen molar-refractivity contribution in [3.8, 4) is 17.1 Å². The van der Waals surface area contributed by atoms with Crippen molar-refractivity contribution in [2.75, 3.05) is 13.7 Å². The molecule has 0 aliphatic rings. The van der Waals surface area contributed by atoms with Crippen LogP contribution >= 0.6 is 12.2 Å². The molecule has 0 unspecified atom stereocenters. The van der Waals surface area contributed by atoms with Gasteiger partial charge in [-0.05, 0) is 24.4 Å². The van der Waals surface area contributed by atoms with E-state index in [4.69, 9.17) is 17.0 Å². The van der Waals surface area contributed by atoms with Gasteiger partial charge in [-0.15, -0.1) is 0 Å². The molecule has 21 heavy (non-hydrogen) atoms. The van der Waals surface area contributed by atoms with Crippen LogP contribution in [0.4, 0.5) is 0 Å². The van der Waals surface area contributed by atoms with Crippen molar-refractivity contribution < 1.29 is 4.74 Å². The number of rotatable bonds is 5. The fourth-order valence-electron chi connectivity index (χ4n) is 2.00. The van der Waals surface area contributed by atoms with Crippen LogP contribution < -0.4 is 0 Å². The third-order valence-electron chi connectivity index (χ3n) is 2.99. The molecule has 0 spiro atoms. The van der Waals surface area contributed by atoms with E-state index in [2.05, 4.69) is 20.3 Å². The van der Waals surface area contributed by atoms with Gasteiger partial charge in [0.05, 0.1) is 25.0 Å². The van der Waals surface area contributed by atoms with Crippen LogP contribution in [0, 0.1) is 4.77 Å². The van der Waals surface area contributed by atoms with Crippen molar-refractivity contribution in [2.24, 2.45) is 0 Å². The summed E-state index contributed by atoms with van der Waals surface area (Å²) in [6.07, 6.45) is 7.12. The highest BCUT2D eigenvalue weighted by Gasteiger charge is 2.12. The molecule has 108 valence electrons. The summed E-state index contributed by atoms with van der Waals surface area (Å²) in [5.41, 5.74) is 1.73. The fraction of sp³-hybridized carbons (Fsp3) is 0.231. The van der Waals surface area contributed by atoms with E-state index in [-0.39, 0.29) is 0 Å². The molecule has 0 aliphatic heterocycles. The van der Waals surface area contributed by atoms with Crippen molar-refractivity contribution in [1.82, 2.24) is 29.5 Å². The molecule has 0 saturated heterocycles. The Bertz CT molecular complexity index is 775. The zero-order valence-corrected chi connectivity index (χ0v) is 12.2. The van der Waals surface area contributed by atoms with Crippen molar-refractivity contribution in [3.63, 3.8) is 0 Å². The second-order valence-corrected chi connectivity index (χ2v) is 4.77. The summed E-state index contributed by atoms with van der Waals surface area (Å²) in [6, 6.07) is 3.79. The molecule has 7 nitrogen and oxygen atoms in total. The molecule has 0 fully saturated rings. The minimum atomic E-state index is 0.514. The Kier molecular flexibility index (Phi) is 3.89. The maximum atomic E-state index is 5.31. The first kappa shape index (κ1) is 13.7. The lowest BCUT2D eigenvalue weighted by molar-refractivity contribution is 0.183. The Labute approximate surface area is 126 Å². The molecular formula is C13H14N6OS. The van der Waals surface area contributed by atoms with Crippen LogP contribution in [0.1, 0.15) is 0 Å². The van der Waals surface area contributed by atoms with E-state index in [1.807, 2.05) is 22.9 Å². The average Bonchev–Trinajstić information content (AvgIpc) is 3.12. The van der Waals surface area contributed by atoms with Crippen LogP contribution in [-0.2, 0) is 11.3 Å². The number of aromatic nitrogens is 6. The molecule has 0 saturated carbocycles. The van der Waals surface area contributed by atoms with Gasteiger partial charge in [0.25, 0.3) is 0 Å². The molecule has 0 radical (unpaired) electrons. The van der Waals surface area contributed by atoms with E-state index in [0.717, 1.165) is 11.3 Å². The van der Waals surface area contributed by atoms with Gasteiger partial charge >= 0.3 is 0 Å². The number of pyridine rings is 1. The monoisotopic (exact) mass is 302 g/mol. The number of hydrogen-bond donors (Lipinski definition) is 1. The lowest BCUT2D eigenvalue weighted by atomic mass is 10.2. The van der Waals surface area contributed by atoms with Crippen LogP contribution in [0.15, 0.2) is 36.9 Å². The second-order valence-electron chi connectivity index (χ2n) is 4.38. The van der Waals surface area contributed by atoms with E-state index >= 15 is 0 Å². The first-order chi connectivity index (χ1) is 10.3. The summed E-state index contributed by atoms with van der Waals surface area (Å²) in [4.78, 5) is 4.11. The third kappa shape index (κ3) is 2.76. The van der Waals surface area contributed by atoms with Gasteiger partial charge in [0.2, 0.25) is 0 Å². The number of nitrogens with zero attached hydrogens (tertiary/aromatic N) is 5. The maximum absolute atomic E-state index is 5.31. The number of methoxy groups -OCH3 is 1. The number of nitrogens with one attached hydrogen (secondary N) is 1. The third-order valence-corrected chi connectivity index (χ3v) is 3.27. The van der Waals surface area contributed by atoms with Gasteiger partial charge in [0, 0.05) is 31.3 Å². The SMILES string of the molecule is COCCn1cc(-n2c(-c3cccnc3)n[nH]c2=S)cn1. The summed E-state index contributed by atoms with van der Waals surface area (Å²) in [5.74, 6) is 0.708. The molecule has 3 aromatic rings. The van der Waals surface area contributed by atoms with Crippen LogP contribution in [0.2, 0.25) is 0 Å². The molecule has 0 amide bonds. The van der Waals surface area contributed by atoms with Crippen LogP contribution in [0.3, 0.4) is 0 Å². The van der Waals surface area contributed by atoms with E-state index in [1.54, 1.807) is 30.4 Å². The van der Waals surface area contributed by atoms with Crippen LogP contribution in [-0.4, -0.2) is 43.2 Å². The Hall–Kier alpha value is -2.32. The van der Waals surface area contributed by atoms with Crippen molar-refractivity contribution in [3.05, 3.63) is 41.7 Å². The smallest absolute Gasteiger partial charge is 0.200 e. The molecule has 3 heterocycles. The quantitative estimate of drug-likeness (QED) is 0.728. The van der Waals surface area contributed by atoms with Crippen molar-refractivity contribution in [1.29, 1.82) is 0 Å². The highest BCUT2D eigenvalue weighted by Crippen LogP contribution is 2.20. The lowest BCUT2D eigenvalue weighted by Crippen LogP contribution is -2.04. The predicted molar refractivity (Wildman–Crippen MR) is 79.6 cm³/mol. The molecule has 8 heteroatoms. The summed E-state index contributed by atoms with van der Waals surface area (Å²) in [5, 5.41) is 11.4. The molecular weight excluding hydrogens is 288 g/mol. The zero-order valence-electron chi connectivity index (χ0n) is 11.4. The van der Waals surface area contributed by atoms with Gasteiger partial charge in [-0.2, -0.15) is 10.2 Å². The predicted octanol–water partition coefficient (Wildman–Crippen LogP) is 1.83. The average molecular weight is 302 g/mol. The van der Waals surface area contributed by atoms with Gasteiger partial charge < -0.3 is 4.74 Å². The number of aromatic amines is 1. The highest BCUT2D eigenvalue weighted by molar-refractivity contribution is 7.71. The minimum absolute atomic E-state index is 0.514. The summed E-state index contributed by atoms with van der Waals surface area (Å²) in [6.45, 7) is 1.29. The fourth-order valence-corrected chi connectivity index (χ4v) is 2.24. The van der Waals surface area contributed by atoms with Crippen molar-refractivity contribution in [2.45, 2.75) is 6.54 Å². The molecule has 0 aromatic carbocycles. The molecule has 0 bridgehead atoms. The maximum Gasteiger partial charge on any atom is 0.200 e. The Morgan fingerprint density at radius 1 is 1.38 bits per heavy atom. The second kappa shape index (κ2) is 5.98. The highest BCUT2D eigenvalue weighted by atomic mass is 32.1. The number of ether oxygens (including phenoxy) is 1. The lowest BCUT2D eigenvalue weighted by Gasteiger charge is -2.03. The van der Waals surface area contributed by atoms with Crippen molar-refractivity contribution >= 4 is 12.2 Å². The van der Waals surface area contributed by atoms with Gasteiger partial charge in [-0.25, -0.2) is 0 Å². The molecule has 3 aromatic heterocycles. The minimum Gasteiger partial charge on any atom is -0.383 e. The summed E-state index contributed by atoms with van der Waals surface area (Å²) in [7, 11) is 1.66. The standard InChI is InChI=1S/C13H14N6OS/c1-20-6-5-18-9-11(8-15-18)19-12(16-17-13(19)21)10-3-2-4-14-7-10/h2-4,7-9H,5-6H2,1H3,(H,17,21). The molecule has 3 rings (SSSR count). The molecule has 0 atom stereocenters. The van der Waals surface area contributed by atoms with E-state index in [9.17, 15) is 0 Å². The van der Waals surface area contributed by atoms with Gasteiger partial charge in [0.15, 0.2) is 10.6 Å². The number of hydrogen-bond acceptors (Lipinski definition) is 5. The number of H-pyrrole nitrogens is 1. The summed E-state index contributed by atoms with van der Waals surface area (Å²) < 4.78 is 9.20. The van der Waals surface area contributed by atoms with Gasteiger partial charge in [0.1, 0.15) is 0 Å².